The fraction of sp³-hybridized carbons (Fsp3) is 0.220. The Balaban J connectivity index is 0.000000322. The second-order valence-corrected chi connectivity index (χ2v) is 9.74. The van der Waals surface area contributed by atoms with Crippen LogP contribution in [0.3, 0.4) is 0 Å². The fourth-order valence-electron chi connectivity index (χ4n) is 4.25. The van der Waals surface area contributed by atoms with E-state index in [0.717, 1.165) is 12.0 Å². The van der Waals surface area contributed by atoms with Gasteiger partial charge in [0, 0.05) is 0 Å². The van der Waals surface area contributed by atoms with E-state index in [1.54, 1.807) is 0 Å². The number of benzene rings is 3. The van der Waals surface area contributed by atoms with E-state index in [0.29, 0.717) is 0 Å². The molecule has 0 aromatic heterocycles. The zero-order valence-electron chi connectivity index (χ0n) is 26.5. The summed E-state index contributed by atoms with van der Waals surface area (Å²) in [5.74, 6) is 0. The molecule has 41 heavy (non-hydrogen) atoms. The highest BCUT2D eigenvalue weighted by atomic mass is 14.0. The molecule has 0 radical (unpaired) electrons. The zero-order valence-corrected chi connectivity index (χ0v) is 26.5. The van der Waals surface area contributed by atoms with Crippen LogP contribution < -0.4 is 0 Å². The van der Waals surface area contributed by atoms with Gasteiger partial charge in [-0.3, -0.25) is 0 Å². The Hall–Kier alpha value is -4.34. The Kier molecular flexibility index (Phi) is 16.0. The molecule has 0 aliphatic heterocycles. The molecule has 0 fully saturated rings. The molecule has 0 aliphatic carbocycles. The van der Waals surface area contributed by atoms with Gasteiger partial charge in [-0.25, -0.2) is 0 Å². The third-order valence-electron chi connectivity index (χ3n) is 6.83. The summed E-state index contributed by atoms with van der Waals surface area (Å²) in [6.45, 7) is 20.6. The summed E-state index contributed by atoms with van der Waals surface area (Å²) >= 11 is 0. The average Bonchev–Trinajstić information content (AvgIpc) is 2.99. The van der Waals surface area contributed by atoms with Gasteiger partial charge in [-0.05, 0) is 96.0 Å². The highest BCUT2D eigenvalue weighted by molar-refractivity contribution is 5.99. The van der Waals surface area contributed by atoms with Crippen LogP contribution in [0.2, 0.25) is 0 Å². The summed E-state index contributed by atoms with van der Waals surface area (Å²) < 4.78 is 0. The molecule has 0 nitrogen and oxygen atoms in total. The Morgan fingerprint density at radius 2 is 1.02 bits per heavy atom. The predicted molar refractivity (Wildman–Crippen MR) is 187 cm³/mol. The smallest absolute Gasteiger partial charge is 0.0109 e. The summed E-state index contributed by atoms with van der Waals surface area (Å²) in [5.41, 5.74) is 9.13. The molecule has 0 heterocycles. The van der Waals surface area contributed by atoms with Crippen LogP contribution >= 0.6 is 0 Å². The van der Waals surface area contributed by atoms with E-state index in [1.807, 2.05) is 32.9 Å². The lowest BCUT2D eigenvalue weighted by Gasteiger charge is -2.03. The third kappa shape index (κ3) is 11.0. The molecule has 0 atom stereocenters. The summed E-state index contributed by atoms with van der Waals surface area (Å²) in [6.07, 6.45) is 9.06. The lowest BCUT2D eigenvalue weighted by Crippen LogP contribution is -1.81. The summed E-state index contributed by atoms with van der Waals surface area (Å²) in [4.78, 5) is 0. The molecule has 212 valence electrons. The van der Waals surface area contributed by atoms with E-state index >= 15 is 0 Å². The third-order valence-corrected chi connectivity index (χ3v) is 6.83. The molecular formula is C41H48. The molecule has 0 unspecified atom stereocenters. The summed E-state index contributed by atoms with van der Waals surface area (Å²) in [7, 11) is 0. The zero-order chi connectivity index (χ0) is 30.8. The van der Waals surface area contributed by atoms with Gasteiger partial charge in [-0.1, -0.05) is 142 Å². The molecular weight excluding hydrogens is 492 g/mol. The predicted octanol–water partition coefficient (Wildman–Crippen LogP) is 12.0. The van der Waals surface area contributed by atoms with Crippen molar-refractivity contribution < 1.29 is 0 Å². The molecule has 4 bridgehead atoms. The number of allylic oxidation sites excluding steroid dienone is 1. The first kappa shape index (κ1) is 34.7. The van der Waals surface area contributed by atoms with Crippen molar-refractivity contribution in [2.75, 3.05) is 0 Å². The number of fused-ring (bicyclic) bond motifs is 6. The maximum absolute atomic E-state index is 4.00. The van der Waals surface area contributed by atoms with Crippen molar-refractivity contribution in [1.82, 2.24) is 0 Å². The van der Waals surface area contributed by atoms with Crippen LogP contribution in [0.1, 0.15) is 61.1 Å². The average molecular weight is 541 g/mol. The van der Waals surface area contributed by atoms with Crippen LogP contribution in [-0.2, 0) is 6.42 Å². The van der Waals surface area contributed by atoms with Crippen molar-refractivity contribution in [2.45, 2.75) is 61.8 Å². The minimum atomic E-state index is 1.06. The van der Waals surface area contributed by atoms with Crippen LogP contribution in [0.5, 0.6) is 0 Å². The van der Waals surface area contributed by atoms with Crippen LogP contribution in [0, 0.1) is 40.5 Å². The van der Waals surface area contributed by atoms with Crippen molar-refractivity contribution in [2.24, 2.45) is 0 Å². The van der Waals surface area contributed by atoms with Gasteiger partial charge < -0.3 is 0 Å². The molecule has 0 heteroatoms. The molecule has 0 amide bonds. The SMILES string of the molecule is C#C.C=C(C)c1ccccc1C.CC.CCc1ccc2ccc3ccc(C)c(cc2)c3cc1.Cc1ccccc1C. The first-order chi connectivity index (χ1) is 19.8. The van der Waals surface area contributed by atoms with E-state index in [9.17, 15) is 0 Å². The minimum Gasteiger partial charge on any atom is -0.124 e. The Morgan fingerprint density at radius 3 is 1.54 bits per heavy atom. The first-order valence-corrected chi connectivity index (χ1v) is 14.5. The van der Waals surface area contributed by atoms with Crippen LogP contribution in [0.4, 0.5) is 0 Å². The maximum Gasteiger partial charge on any atom is -0.0109 e. The first-order valence-electron chi connectivity index (χ1n) is 14.5. The molecule has 6 rings (SSSR count). The van der Waals surface area contributed by atoms with Crippen LogP contribution in [0.15, 0.2) is 116 Å². The fourth-order valence-corrected chi connectivity index (χ4v) is 4.25. The van der Waals surface area contributed by atoms with E-state index in [2.05, 4.69) is 151 Å². The van der Waals surface area contributed by atoms with Gasteiger partial charge in [0.25, 0.3) is 0 Å². The Bertz CT molecular complexity index is 1540. The summed E-state index contributed by atoms with van der Waals surface area (Å²) in [6, 6.07) is 38.8. The van der Waals surface area contributed by atoms with Gasteiger partial charge >= 0.3 is 0 Å². The van der Waals surface area contributed by atoms with E-state index in [4.69, 9.17) is 0 Å². The Morgan fingerprint density at radius 1 is 0.561 bits per heavy atom. The van der Waals surface area contributed by atoms with E-state index in [1.165, 1.54) is 54.9 Å². The highest BCUT2D eigenvalue weighted by Gasteiger charge is 1.98. The number of hydrogen-bond acceptors (Lipinski definition) is 0. The minimum absolute atomic E-state index is 1.06. The van der Waals surface area contributed by atoms with Gasteiger partial charge in [0.05, 0.1) is 0 Å². The second kappa shape index (κ2) is 18.9. The highest BCUT2D eigenvalue weighted by Crippen LogP contribution is 2.23. The van der Waals surface area contributed by atoms with Gasteiger partial charge in [0.15, 0.2) is 0 Å². The molecule has 6 aromatic rings. The van der Waals surface area contributed by atoms with Gasteiger partial charge in [0.2, 0.25) is 0 Å². The standard InChI is InChI=1S/C19H18.C10H12.C8H10.C2H6.C2H2/c1-3-15-5-6-16-7-11-17-10-4-14(2)18(12-9-16)19(17)13-8-15;1-8(2)10-7-5-4-6-9(10)3;1-7-5-3-4-6-8(7)2;2*1-2/h4-13H,3H2,1-2H3;4-7H,1H2,2-3H3;3-6H,1-2H3;1-2H3;1-2H. The molecule has 0 aliphatic rings. The van der Waals surface area contributed by atoms with Gasteiger partial charge in [-0.15, -0.1) is 12.8 Å². The Labute approximate surface area is 250 Å². The number of hydrogen-bond donors (Lipinski definition) is 0. The molecule has 0 N–H and O–H groups in total. The van der Waals surface area contributed by atoms with Gasteiger partial charge in [0.1, 0.15) is 0 Å². The molecule has 0 spiro atoms. The van der Waals surface area contributed by atoms with Crippen molar-refractivity contribution in [1.29, 1.82) is 0 Å². The quantitative estimate of drug-likeness (QED) is 0.195. The van der Waals surface area contributed by atoms with Crippen molar-refractivity contribution >= 4 is 27.1 Å². The maximum atomic E-state index is 4.00. The van der Waals surface area contributed by atoms with E-state index < -0.39 is 0 Å². The van der Waals surface area contributed by atoms with Crippen molar-refractivity contribution in [3.8, 4) is 12.8 Å². The molecule has 0 saturated carbocycles. The normalized spacial score (nSPS) is 9.32. The van der Waals surface area contributed by atoms with E-state index in [-0.39, 0.29) is 0 Å². The molecule has 0 saturated heterocycles. The second-order valence-electron chi connectivity index (χ2n) is 9.74. The van der Waals surface area contributed by atoms with Crippen LogP contribution in [-0.4, -0.2) is 0 Å². The number of aryl methyl sites for hydroxylation is 5. The topological polar surface area (TPSA) is 0 Å². The lowest BCUT2D eigenvalue weighted by atomic mass is 10.0. The lowest BCUT2D eigenvalue weighted by molar-refractivity contribution is 1.15. The number of rotatable bonds is 2. The number of terminal acetylenes is 1. The van der Waals surface area contributed by atoms with Crippen molar-refractivity contribution in [3.63, 3.8) is 0 Å². The largest absolute Gasteiger partial charge is 0.124 e. The van der Waals surface area contributed by atoms with Crippen molar-refractivity contribution in [3.05, 3.63) is 149 Å². The monoisotopic (exact) mass is 540 g/mol. The molecule has 6 aromatic carbocycles. The van der Waals surface area contributed by atoms with Gasteiger partial charge in [-0.2, -0.15) is 0 Å². The summed E-state index contributed by atoms with van der Waals surface area (Å²) in [5, 5.41) is 5.21. The van der Waals surface area contributed by atoms with Crippen LogP contribution in [0.25, 0.3) is 27.1 Å².